The first-order valence-corrected chi connectivity index (χ1v) is 3.64. The molecule has 0 atom stereocenters. The molecular formula is C9H20NaO-. The fraction of sp³-hybridized carbons (Fsp3) is 0.778. The summed E-state index contributed by atoms with van der Waals surface area (Å²) in [6.45, 7) is 9.75. The molecule has 1 nitrogen and oxygen atoms in total. The Morgan fingerprint density at radius 2 is 1.45 bits per heavy atom. The molecule has 0 bridgehead atoms. The summed E-state index contributed by atoms with van der Waals surface area (Å²) in [5.74, 6) is 0.583. The van der Waals surface area contributed by atoms with Crippen LogP contribution in [0.5, 0.6) is 0 Å². The molecule has 0 aliphatic carbocycles. The summed E-state index contributed by atoms with van der Waals surface area (Å²) in [6, 6.07) is 0. The minimum atomic E-state index is 0. The van der Waals surface area contributed by atoms with Gasteiger partial charge in [-0.25, -0.2) is 0 Å². The van der Waals surface area contributed by atoms with Crippen molar-refractivity contribution in [3.8, 4) is 0 Å². The van der Waals surface area contributed by atoms with E-state index in [1.165, 1.54) is 12.8 Å². The van der Waals surface area contributed by atoms with Gasteiger partial charge in [0, 0.05) is 13.2 Å². The summed E-state index contributed by atoms with van der Waals surface area (Å²) in [6.07, 6.45) is 2.56. The Morgan fingerprint density at radius 1 is 1.18 bits per heavy atom. The van der Waals surface area contributed by atoms with Crippen molar-refractivity contribution in [1.29, 1.82) is 0 Å². The van der Waals surface area contributed by atoms with E-state index in [-0.39, 0.29) is 37.0 Å². The van der Waals surface area contributed by atoms with Crippen molar-refractivity contribution >= 4 is 0 Å². The van der Waals surface area contributed by atoms with E-state index in [9.17, 15) is 0 Å². The van der Waals surface area contributed by atoms with Gasteiger partial charge in [0.15, 0.2) is 0 Å². The van der Waals surface area contributed by atoms with E-state index in [1.54, 1.807) is 0 Å². The van der Waals surface area contributed by atoms with Gasteiger partial charge in [0.05, 0.1) is 0 Å². The molecule has 0 radical (unpaired) electrons. The quantitative estimate of drug-likeness (QED) is 0.356. The molecule has 1 saturated heterocycles. The van der Waals surface area contributed by atoms with Crippen molar-refractivity contribution in [3.63, 3.8) is 0 Å². The number of hydrogen-bond acceptors (Lipinski definition) is 1. The van der Waals surface area contributed by atoms with Gasteiger partial charge in [0.1, 0.15) is 0 Å². The third-order valence-electron chi connectivity index (χ3n) is 0.827. The monoisotopic (exact) mass is 167 g/mol. The average Bonchev–Trinajstić information content (AvgIpc) is 2.11. The van der Waals surface area contributed by atoms with E-state index in [0.717, 1.165) is 13.2 Å². The summed E-state index contributed by atoms with van der Waals surface area (Å²) in [4.78, 5) is 0. The van der Waals surface area contributed by atoms with Crippen LogP contribution >= 0.6 is 0 Å². The molecule has 0 saturated carbocycles. The molecule has 64 valence electrons. The molecule has 1 rings (SSSR count). The van der Waals surface area contributed by atoms with Crippen LogP contribution in [-0.4, -0.2) is 13.2 Å². The molecule has 2 heteroatoms. The maximum absolute atomic E-state index is 4.94. The molecule has 0 amide bonds. The Morgan fingerprint density at radius 3 is 1.55 bits per heavy atom. The zero-order chi connectivity index (χ0) is 7.11. The Hall–Kier alpha value is 0.960. The van der Waals surface area contributed by atoms with E-state index >= 15 is 0 Å². The van der Waals surface area contributed by atoms with Crippen LogP contribution in [0.15, 0.2) is 0 Å². The molecule has 1 aliphatic rings. The largest absolute Gasteiger partial charge is 1.00 e. The van der Waals surface area contributed by atoms with E-state index in [4.69, 9.17) is 4.74 Å². The van der Waals surface area contributed by atoms with E-state index in [1.807, 2.05) is 0 Å². The van der Waals surface area contributed by atoms with Crippen LogP contribution in [0.1, 0.15) is 26.7 Å². The van der Waals surface area contributed by atoms with E-state index in [2.05, 4.69) is 20.8 Å². The minimum absolute atomic E-state index is 0. The first-order valence-electron chi connectivity index (χ1n) is 3.64. The summed E-state index contributed by atoms with van der Waals surface area (Å²) >= 11 is 0. The van der Waals surface area contributed by atoms with Crippen LogP contribution in [0.4, 0.5) is 0 Å². The molecule has 0 unspecified atom stereocenters. The van der Waals surface area contributed by atoms with Crippen LogP contribution in [0.3, 0.4) is 0 Å². The number of hydrogen-bond donors (Lipinski definition) is 0. The zero-order valence-electron chi connectivity index (χ0n) is 8.52. The summed E-state index contributed by atoms with van der Waals surface area (Å²) in [7, 11) is 0. The van der Waals surface area contributed by atoms with Gasteiger partial charge in [0.2, 0.25) is 0 Å². The van der Waals surface area contributed by atoms with Crippen LogP contribution < -0.4 is 29.6 Å². The molecule has 0 N–H and O–H groups in total. The maximum atomic E-state index is 4.94. The molecule has 1 fully saturated rings. The number of rotatable bonds is 0. The summed E-state index contributed by atoms with van der Waals surface area (Å²) in [5.41, 5.74) is 0. The fourth-order valence-corrected chi connectivity index (χ4v) is 0.510. The van der Waals surface area contributed by atoms with Gasteiger partial charge in [-0.2, -0.15) is 5.92 Å². The molecule has 11 heavy (non-hydrogen) atoms. The second-order valence-electron chi connectivity index (χ2n) is 2.71. The molecular weight excluding hydrogens is 147 g/mol. The minimum Gasteiger partial charge on any atom is -0.381 e. The molecule has 0 aromatic rings. The SMILES string of the molecule is C1CCOC1.[CH2-]C(C)C.[CH3-].[Na+]. The van der Waals surface area contributed by atoms with Gasteiger partial charge >= 0.3 is 29.6 Å². The van der Waals surface area contributed by atoms with E-state index < -0.39 is 0 Å². The summed E-state index contributed by atoms with van der Waals surface area (Å²) in [5, 5.41) is 0. The fourth-order valence-electron chi connectivity index (χ4n) is 0.510. The Kier molecular flexibility index (Phi) is 22.0. The Balaban J connectivity index is -0.000000101. The molecule has 1 aliphatic heterocycles. The Bertz CT molecular complexity index is 41.2. The summed E-state index contributed by atoms with van der Waals surface area (Å²) < 4.78 is 4.94. The second kappa shape index (κ2) is 13.5. The third kappa shape index (κ3) is 24.8. The van der Waals surface area contributed by atoms with Gasteiger partial charge in [-0.1, -0.05) is 13.8 Å². The van der Waals surface area contributed by atoms with Crippen molar-refractivity contribution < 1.29 is 34.3 Å². The predicted octanol–water partition coefficient (Wildman–Crippen LogP) is -0.272. The Labute approximate surface area is 94.2 Å². The van der Waals surface area contributed by atoms with Crippen LogP contribution in [0, 0.1) is 20.3 Å². The topological polar surface area (TPSA) is 9.23 Å². The zero-order valence-corrected chi connectivity index (χ0v) is 10.5. The van der Waals surface area contributed by atoms with Gasteiger partial charge in [-0.05, 0) is 12.8 Å². The molecule has 0 spiro atoms. The van der Waals surface area contributed by atoms with E-state index in [0.29, 0.717) is 5.92 Å². The standard InChI is InChI=1S/C4H8O.C4H9.CH3.Na/c1-2-4-5-3-1;1-4(2)3;;/h1-4H2;4H,1H2,2-3H3;1H3;/q;2*-1;+1. The first-order chi connectivity index (χ1) is 4.23. The van der Waals surface area contributed by atoms with Crippen molar-refractivity contribution in [1.82, 2.24) is 0 Å². The average molecular weight is 167 g/mol. The van der Waals surface area contributed by atoms with Crippen LogP contribution in [-0.2, 0) is 4.74 Å². The van der Waals surface area contributed by atoms with Gasteiger partial charge in [0.25, 0.3) is 0 Å². The second-order valence-corrected chi connectivity index (χ2v) is 2.71. The molecule has 0 aromatic carbocycles. The first kappa shape index (κ1) is 17.9. The van der Waals surface area contributed by atoms with Crippen molar-refractivity contribution in [2.75, 3.05) is 13.2 Å². The molecule has 0 aromatic heterocycles. The van der Waals surface area contributed by atoms with Gasteiger partial charge in [-0.15, -0.1) is 0 Å². The molecule has 1 heterocycles. The maximum Gasteiger partial charge on any atom is 1.00 e. The van der Waals surface area contributed by atoms with Gasteiger partial charge < -0.3 is 19.1 Å². The smallest absolute Gasteiger partial charge is 0.381 e. The van der Waals surface area contributed by atoms with Crippen molar-refractivity contribution in [2.45, 2.75) is 26.7 Å². The van der Waals surface area contributed by atoms with Crippen LogP contribution in [0.25, 0.3) is 0 Å². The van der Waals surface area contributed by atoms with Crippen LogP contribution in [0.2, 0.25) is 0 Å². The van der Waals surface area contributed by atoms with Gasteiger partial charge in [-0.3, -0.25) is 0 Å². The van der Waals surface area contributed by atoms with Crippen molar-refractivity contribution in [3.05, 3.63) is 14.4 Å². The third-order valence-corrected chi connectivity index (χ3v) is 0.827. The predicted molar refractivity (Wildman–Crippen MR) is 46.7 cm³/mol. The van der Waals surface area contributed by atoms with Crippen molar-refractivity contribution in [2.24, 2.45) is 5.92 Å². The normalized spacial score (nSPS) is 14.2. The number of ether oxygens (including phenoxy) is 1.